The number of aromatic nitrogens is 4. The second kappa shape index (κ2) is 10.8. The van der Waals surface area contributed by atoms with Gasteiger partial charge in [-0.15, -0.1) is 0 Å². The molecule has 0 aliphatic carbocycles. The fraction of sp³-hybridized carbons (Fsp3) is 0. The summed E-state index contributed by atoms with van der Waals surface area (Å²) in [6.07, 6.45) is -0.552. The second-order valence-corrected chi connectivity index (χ2v) is 12.2. The van der Waals surface area contributed by atoms with Crippen LogP contribution < -0.4 is 0 Å². The Morgan fingerprint density at radius 1 is 0.431 bits per heavy atom. The van der Waals surface area contributed by atoms with Crippen LogP contribution in [0.4, 0.5) is 0 Å². The molecule has 238 valence electrons. The lowest BCUT2D eigenvalue weighted by molar-refractivity contribution is 1.08. The van der Waals surface area contributed by atoms with Gasteiger partial charge in [0.25, 0.3) is 0 Å². The second-order valence-electron chi connectivity index (χ2n) is 12.2. The van der Waals surface area contributed by atoms with Crippen LogP contribution in [-0.2, 0) is 0 Å². The molecule has 7 aromatic carbocycles. The summed E-state index contributed by atoms with van der Waals surface area (Å²) in [6, 6.07) is 23.7. The molecule has 0 radical (unpaired) electrons. The number of hydrogen-bond acceptors (Lipinski definition) is 1. The molecule has 0 N–H and O–H groups in total. The van der Waals surface area contributed by atoms with Crippen LogP contribution in [0.5, 0.6) is 0 Å². The standard InChI is InChI=1S/C47H30N4/c1-2-14-31(15-3-1)33-16-4-9-21-40(33)50-42-23-11-5-19-36(42)38-27-26-32(28-45(38)50)49-41-22-10-8-20-37(41)39-30-48-47(29-46(39)49)51-43-24-12-6-17-34(43)35-18-7-13-25-44(35)51/h1-30H/i6D,7D,8D,10D,12D,13D,17D,18D,20D,22D,24D,25D,29D,30D. The first kappa shape index (κ1) is 17.7. The monoisotopic (exact) mass is 664 g/mol. The molecule has 11 aromatic rings. The van der Waals surface area contributed by atoms with Crippen LogP contribution in [0.25, 0.3) is 93.7 Å². The van der Waals surface area contributed by atoms with E-state index in [4.69, 9.17) is 15.1 Å². The van der Waals surface area contributed by atoms with Crippen LogP contribution in [0, 0.1) is 0 Å². The van der Waals surface area contributed by atoms with Crippen molar-refractivity contribution in [2.45, 2.75) is 0 Å². The molecule has 0 saturated heterocycles. The third kappa shape index (κ3) is 4.05. The summed E-state index contributed by atoms with van der Waals surface area (Å²) in [7, 11) is 0. The van der Waals surface area contributed by atoms with E-state index in [1.165, 1.54) is 4.57 Å². The maximum Gasteiger partial charge on any atom is 0.139 e. The normalized spacial score (nSPS) is 15.8. The molecular weight excluding hydrogens is 621 g/mol. The highest BCUT2D eigenvalue weighted by Crippen LogP contribution is 2.40. The smallest absolute Gasteiger partial charge is 0.139 e. The van der Waals surface area contributed by atoms with Gasteiger partial charge < -0.3 is 9.13 Å². The van der Waals surface area contributed by atoms with Crippen molar-refractivity contribution >= 4 is 65.4 Å². The van der Waals surface area contributed by atoms with E-state index in [1.54, 1.807) is 6.07 Å². The quantitative estimate of drug-likeness (QED) is 0.184. The molecule has 4 aromatic heterocycles. The van der Waals surface area contributed by atoms with Crippen LogP contribution >= 0.6 is 0 Å². The number of rotatable bonds is 4. The van der Waals surface area contributed by atoms with E-state index in [-0.39, 0.29) is 43.6 Å². The molecule has 0 spiro atoms. The Labute approximate surface area is 313 Å². The molecule has 0 unspecified atom stereocenters. The van der Waals surface area contributed by atoms with Crippen molar-refractivity contribution in [1.82, 2.24) is 18.7 Å². The van der Waals surface area contributed by atoms with Gasteiger partial charge >= 0.3 is 0 Å². The largest absolute Gasteiger partial charge is 0.309 e. The van der Waals surface area contributed by atoms with Crippen molar-refractivity contribution in [3.8, 4) is 28.3 Å². The molecule has 51 heavy (non-hydrogen) atoms. The Morgan fingerprint density at radius 2 is 1.04 bits per heavy atom. The van der Waals surface area contributed by atoms with E-state index in [0.717, 1.165) is 37.7 Å². The summed E-state index contributed by atoms with van der Waals surface area (Å²) in [5.74, 6) is -0.427. The predicted octanol–water partition coefficient (Wildman–Crippen LogP) is 12.0. The van der Waals surface area contributed by atoms with E-state index in [9.17, 15) is 4.11 Å². The van der Waals surface area contributed by atoms with Crippen molar-refractivity contribution in [3.63, 3.8) is 0 Å². The SMILES string of the molecule is [2H]c1c([2H])c([2H])c2c(c1[2H])c1c([2H])nc(-n3c4c([2H])c([2H])c([2H])c([2H])c4c4c([2H])c([2H])c([2H])c([2H])c43)c([2H])c1n2-c1ccc2c3ccccc3n(-c3ccccc3-c3ccccc3)c2c1. The van der Waals surface area contributed by atoms with Crippen molar-refractivity contribution in [3.05, 3.63) is 182 Å². The molecule has 0 bridgehead atoms. The lowest BCUT2D eigenvalue weighted by Crippen LogP contribution is -2.00. The lowest BCUT2D eigenvalue weighted by atomic mass is 10.0. The van der Waals surface area contributed by atoms with Crippen LogP contribution in [-0.4, -0.2) is 18.7 Å². The van der Waals surface area contributed by atoms with E-state index in [2.05, 4.69) is 9.55 Å². The highest BCUT2D eigenvalue weighted by atomic mass is 15.1. The van der Waals surface area contributed by atoms with Crippen molar-refractivity contribution in [1.29, 1.82) is 0 Å². The summed E-state index contributed by atoms with van der Waals surface area (Å²) >= 11 is 0. The van der Waals surface area contributed by atoms with Gasteiger partial charge in [0, 0.05) is 55.8 Å². The van der Waals surface area contributed by atoms with Gasteiger partial charge in [-0.1, -0.05) is 127 Å². The minimum atomic E-state index is -0.671. The zero-order valence-electron chi connectivity index (χ0n) is 40.5. The fourth-order valence-corrected chi connectivity index (χ4v) is 7.35. The van der Waals surface area contributed by atoms with E-state index in [1.807, 2.05) is 91.0 Å². The highest BCUT2D eigenvalue weighted by Gasteiger charge is 2.20. The predicted molar refractivity (Wildman–Crippen MR) is 213 cm³/mol. The first-order chi connectivity index (χ1) is 31.1. The Morgan fingerprint density at radius 3 is 1.80 bits per heavy atom. The van der Waals surface area contributed by atoms with Gasteiger partial charge in [0.05, 0.1) is 58.0 Å². The maximum atomic E-state index is 10.0. The average Bonchev–Trinajstić information content (AvgIpc) is 3.98. The van der Waals surface area contributed by atoms with Gasteiger partial charge in [0.15, 0.2) is 0 Å². The lowest BCUT2D eigenvalue weighted by Gasteiger charge is -2.15. The van der Waals surface area contributed by atoms with Crippen molar-refractivity contribution < 1.29 is 19.2 Å². The van der Waals surface area contributed by atoms with E-state index < -0.39 is 90.5 Å². The van der Waals surface area contributed by atoms with Gasteiger partial charge in [-0.3, -0.25) is 4.57 Å². The first-order valence-electron chi connectivity index (χ1n) is 23.3. The van der Waals surface area contributed by atoms with E-state index in [0.29, 0.717) is 11.2 Å². The molecule has 4 heterocycles. The van der Waals surface area contributed by atoms with Crippen molar-refractivity contribution in [2.75, 3.05) is 0 Å². The van der Waals surface area contributed by atoms with Crippen LogP contribution in [0.1, 0.15) is 19.2 Å². The average molecular weight is 665 g/mol. The summed E-state index contributed by atoms with van der Waals surface area (Å²) in [5, 5.41) is 1.14. The molecule has 0 amide bonds. The highest BCUT2D eigenvalue weighted by molar-refractivity contribution is 6.13. The molecular formula is C47H30N4. The molecule has 11 rings (SSSR count). The first-order valence-corrected chi connectivity index (χ1v) is 16.3. The van der Waals surface area contributed by atoms with Crippen LogP contribution in [0.2, 0.25) is 0 Å². The van der Waals surface area contributed by atoms with Gasteiger partial charge in [-0.25, -0.2) is 4.98 Å². The topological polar surface area (TPSA) is 27.7 Å². The van der Waals surface area contributed by atoms with Gasteiger partial charge in [0.2, 0.25) is 0 Å². The Hall–Kier alpha value is -6.91. The number of fused-ring (bicyclic) bond motifs is 9. The summed E-state index contributed by atoms with van der Waals surface area (Å²) < 4.78 is 130. The van der Waals surface area contributed by atoms with Crippen molar-refractivity contribution in [2.24, 2.45) is 0 Å². The van der Waals surface area contributed by atoms with Crippen LogP contribution in [0.15, 0.2) is 182 Å². The Balaban J connectivity index is 1.33. The zero-order chi connectivity index (χ0) is 45.7. The number of hydrogen-bond donors (Lipinski definition) is 0. The number of benzene rings is 7. The summed E-state index contributed by atoms with van der Waals surface area (Å²) in [5.41, 5.74) is 3.98. The van der Waals surface area contributed by atoms with Gasteiger partial charge in [-0.05, 0) is 48.0 Å². The summed E-state index contributed by atoms with van der Waals surface area (Å²) in [6.45, 7) is 0. The zero-order valence-corrected chi connectivity index (χ0v) is 26.5. The van der Waals surface area contributed by atoms with Crippen LogP contribution in [0.3, 0.4) is 0 Å². The molecule has 4 nitrogen and oxygen atoms in total. The Bertz CT molecular complexity index is 3870. The number of para-hydroxylation sites is 5. The molecule has 0 saturated carbocycles. The molecule has 0 aliphatic rings. The molecule has 0 fully saturated rings. The van der Waals surface area contributed by atoms with Gasteiger partial charge in [-0.2, -0.15) is 0 Å². The minimum Gasteiger partial charge on any atom is -0.309 e. The molecule has 0 aliphatic heterocycles. The maximum absolute atomic E-state index is 10.0. The molecule has 4 heteroatoms. The minimum absolute atomic E-state index is 0.0512. The van der Waals surface area contributed by atoms with Gasteiger partial charge in [0.1, 0.15) is 5.82 Å². The number of nitrogens with zero attached hydrogens (tertiary/aromatic N) is 4. The van der Waals surface area contributed by atoms with E-state index >= 15 is 0 Å². The number of pyridine rings is 1. The third-order valence-electron chi connectivity index (χ3n) is 9.50. The Kier molecular flexibility index (Phi) is 3.74. The fourth-order valence-electron chi connectivity index (χ4n) is 7.35. The summed E-state index contributed by atoms with van der Waals surface area (Å²) in [4.78, 5) is 4.51. The third-order valence-corrected chi connectivity index (χ3v) is 9.50. The molecule has 0 atom stereocenters.